The van der Waals surface area contributed by atoms with Gasteiger partial charge in [0, 0.05) is 44.4 Å². The van der Waals surface area contributed by atoms with E-state index in [-0.39, 0.29) is 11.6 Å². The zero-order chi connectivity index (χ0) is 24.8. The van der Waals surface area contributed by atoms with Crippen LogP contribution in [0.5, 0.6) is 5.75 Å². The first-order valence-electron chi connectivity index (χ1n) is 11.4. The van der Waals surface area contributed by atoms with Crippen molar-refractivity contribution in [1.29, 1.82) is 0 Å². The minimum atomic E-state index is -0.446. The first-order valence-corrected chi connectivity index (χ1v) is 12.3. The standard InChI is InChI=1S/C25H28N4O5S/c1-18-4-10-21(33-2)23-24(18)35-25(26-23)28(13-3-12-27-14-16-34-17-15-27)22(30)11-7-19-5-8-20(9-6-19)29(31)32/h4-11H,3,12-17H2,1-2H3/b11-7+. The smallest absolute Gasteiger partial charge is 0.269 e. The van der Waals surface area contributed by atoms with Crippen molar-refractivity contribution in [2.24, 2.45) is 0 Å². The second-order valence-corrected chi connectivity index (χ2v) is 9.22. The van der Waals surface area contributed by atoms with Gasteiger partial charge in [-0.15, -0.1) is 0 Å². The number of aryl methyl sites for hydroxylation is 1. The highest BCUT2D eigenvalue weighted by Gasteiger charge is 2.21. The summed E-state index contributed by atoms with van der Waals surface area (Å²) in [4.78, 5) is 32.6. The molecule has 0 saturated carbocycles. The molecule has 1 saturated heterocycles. The zero-order valence-electron chi connectivity index (χ0n) is 19.8. The molecule has 35 heavy (non-hydrogen) atoms. The highest BCUT2D eigenvalue weighted by atomic mass is 32.1. The van der Waals surface area contributed by atoms with E-state index in [4.69, 9.17) is 14.5 Å². The van der Waals surface area contributed by atoms with Gasteiger partial charge in [0.15, 0.2) is 5.13 Å². The van der Waals surface area contributed by atoms with Gasteiger partial charge in [-0.25, -0.2) is 4.98 Å². The molecule has 1 amide bonds. The lowest BCUT2D eigenvalue weighted by Gasteiger charge is -2.27. The number of rotatable bonds is 9. The SMILES string of the molecule is COc1ccc(C)c2sc(N(CCCN3CCOCC3)C(=O)/C=C/c3ccc([N+](=O)[O-])cc3)nc12. The summed E-state index contributed by atoms with van der Waals surface area (Å²) in [5, 5.41) is 11.5. The fourth-order valence-corrected chi connectivity index (χ4v) is 5.00. The average molecular weight is 497 g/mol. The largest absolute Gasteiger partial charge is 0.494 e. The number of carbonyl (C=O) groups excluding carboxylic acids is 1. The number of benzene rings is 2. The summed E-state index contributed by atoms with van der Waals surface area (Å²) in [7, 11) is 1.61. The molecule has 1 aliphatic heterocycles. The van der Waals surface area contributed by atoms with Crippen molar-refractivity contribution in [1.82, 2.24) is 9.88 Å². The van der Waals surface area contributed by atoms with Crippen LogP contribution in [0.3, 0.4) is 0 Å². The molecule has 3 aromatic rings. The highest BCUT2D eigenvalue weighted by molar-refractivity contribution is 7.22. The van der Waals surface area contributed by atoms with Crippen molar-refractivity contribution in [2.75, 3.05) is 51.4 Å². The number of thiazole rings is 1. The molecule has 184 valence electrons. The number of aromatic nitrogens is 1. The number of carbonyl (C=O) groups is 1. The molecule has 1 aliphatic rings. The van der Waals surface area contributed by atoms with E-state index in [1.54, 1.807) is 30.2 Å². The van der Waals surface area contributed by atoms with Crippen LogP contribution in [0.15, 0.2) is 42.5 Å². The van der Waals surface area contributed by atoms with Gasteiger partial charge in [-0.1, -0.05) is 17.4 Å². The zero-order valence-corrected chi connectivity index (χ0v) is 20.6. The molecule has 0 spiro atoms. The van der Waals surface area contributed by atoms with Gasteiger partial charge in [0.2, 0.25) is 0 Å². The third-order valence-electron chi connectivity index (χ3n) is 5.89. The lowest BCUT2D eigenvalue weighted by Crippen LogP contribution is -2.39. The van der Waals surface area contributed by atoms with E-state index in [0.29, 0.717) is 23.0 Å². The Labute approximate surface area is 207 Å². The van der Waals surface area contributed by atoms with Crippen molar-refractivity contribution in [3.63, 3.8) is 0 Å². The van der Waals surface area contributed by atoms with E-state index >= 15 is 0 Å². The molecule has 2 heterocycles. The number of nitro groups is 1. The second-order valence-electron chi connectivity index (χ2n) is 8.24. The molecule has 0 N–H and O–H groups in total. The molecular weight excluding hydrogens is 468 g/mol. The fraction of sp³-hybridized carbons (Fsp3) is 0.360. The van der Waals surface area contributed by atoms with Gasteiger partial charge in [-0.3, -0.25) is 24.7 Å². The molecule has 1 aromatic heterocycles. The van der Waals surface area contributed by atoms with Gasteiger partial charge in [-0.2, -0.15) is 0 Å². The van der Waals surface area contributed by atoms with E-state index in [9.17, 15) is 14.9 Å². The maximum absolute atomic E-state index is 13.3. The Hall–Kier alpha value is -3.34. The van der Waals surface area contributed by atoms with E-state index in [1.165, 1.54) is 29.5 Å². The molecule has 2 aromatic carbocycles. The van der Waals surface area contributed by atoms with Crippen LogP contribution in [0, 0.1) is 17.0 Å². The molecule has 4 rings (SSSR count). The monoisotopic (exact) mass is 496 g/mol. The van der Waals surface area contributed by atoms with E-state index in [1.807, 2.05) is 19.1 Å². The summed E-state index contributed by atoms with van der Waals surface area (Å²) in [5.41, 5.74) is 2.54. The Morgan fingerprint density at radius 3 is 2.69 bits per heavy atom. The van der Waals surface area contributed by atoms with E-state index in [2.05, 4.69) is 4.90 Å². The van der Waals surface area contributed by atoms with Crippen LogP contribution in [0.4, 0.5) is 10.8 Å². The number of ether oxygens (including phenoxy) is 2. The molecule has 0 bridgehead atoms. The molecule has 0 radical (unpaired) electrons. The number of non-ortho nitro benzene ring substituents is 1. The molecule has 0 aliphatic carbocycles. The first kappa shape index (κ1) is 24.8. The van der Waals surface area contributed by atoms with Crippen molar-refractivity contribution >= 4 is 44.4 Å². The maximum atomic E-state index is 13.3. The summed E-state index contributed by atoms with van der Waals surface area (Å²) < 4.78 is 11.9. The Bertz CT molecular complexity index is 1220. The van der Waals surface area contributed by atoms with Crippen LogP contribution in [0.2, 0.25) is 0 Å². The van der Waals surface area contributed by atoms with Crippen LogP contribution < -0.4 is 9.64 Å². The maximum Gasteiger partial charge on any atom is 0.269 e. The number of fused-ring (bicyclic) bond motifs is 1. The molecule has 0 atom stereocenters. The predicted molar refractivity (Wildman–Crippen MR) is 137 cm³/mol. The number of hydrogen-bond acceptors (Lipinski definition) is 8. The third-order valence-corrected chi connectivity index (χ3v) is 7.10. The first-order chi connectivity index (χ1) is 17.0. The Morgan fingerprint density at radius 2 is 2.00 bits per heavy atom. The summed E-state index contributed by atoms with van der Waals surface area (Å²) in [6.45, 7) is 6.66. The quantitative estimate of drug-likeness (QED) is 0.248. The molecule has 9 nitrogen and oxygen atoms in total. The number of methoxy groups -OCH3 is 1. The average Bonchev–Trinajstić information content (AvgIpc) is 3.32. The summed E-state index contributed by atoms with van der Waals surface area (Å²) in [6, 6.07) is 9.97. The van der Waals surface area contributed by atoms with Crippen LogP contribution in [0.1, 0.15) is 17.5 Å². The molecule has 0 unspecified atom stereocenters. The Morgan fingerprint density at radius 1 is 1.26 bits per heavy atom. The van der Waals surface area contributed by atoms with E-state index < -0.39 is 4.92 Å². The van der Waals surface area contributed by atoms with Crippen LogP contribution in [-0.2, 0) is 9.53 Å². The van der Waals surface area contributed by atoms with Gasteiger partial charge in [0.05, 0.1) is 29.9 Å². The van der Waals surface area contributed by atoms with Gasteiger partial charge in [0.1, 0.15) is 11.3 Å². The third kappa shape index (κ3) is 6.02. The molecule has 1 fully saturated rings. The fourth-order valence-electron chi connectivity index (χ4n) is 3.92. The van der Waals surface area contributed by atoms with Crippen LogP contribution in [-0.4, -0.2) is 67.2 Å². The van der Waals surface area contributed by atoms with Crippen molar-refractivity contribution in [3.05, 3.63) is 63.7 Å². The number of nitro benzene ring substituents is 1. The van der Waals surface area contributed by atoms with Gasteiger partial charge in [0.25, 0.3) is 11.6 Å². The number of amides is 1. The lowest BCUT2D eigenvalue weighted by molar-refractivity contribution is -0.384. The minimum Gasteiger partial charge on any atom is -0.494 e. The van der Waals surface area contributed by atoms with Crippen molar-refractivity contribution in [3.8, 4) is 5.75 Å². The van der Waals surface area contributed by atoms with Gasteiger partial charge >= 0.3 is 0 Å². The van der Waals surface area contributed by atoms with Gasteiger partial charge < -0.3 is 9.47 Å². The molecule has 10 heteroatoms. The van der Waals surface area contributed by atoms with Crippen molar-refractivity contribution < 1.29 is 19.2 Å². The molecular formula is C25H28N4O5S. The van der Waals surface area contributed by atoms with Crippen molar-refractivity contribution in [2.45, 2.75) is 13.3 Å². The van der Waals surface area contributed by atoms with Crippen LogP contribution in [0.25, 0.3) is 16.3 Å². The minimum absolute atomic E-state index is 0.0111. The van der Waals surface area contributed by atoms with Crippen LogP contribution >= 0.6 is 11.3 Å². The number of morpholine rings is 1. The number of hydrogen-bond donors (Lipinski definition) is 0. The number of nitrogens with zero attached hydrogens (tertiary/aromatic N) is 4. The predicted octanol–water partition coefficient (Wildman–Crippen LogP) is 4.29. The highest BCUT2D eigenvalue weighted by Crippen LogP contribution is 2.36. The summed E-state index contributed by atoms with van der Waals surface area (Å²) >= 11 is 1.47. The van der Waals surface area contributed by atoms with E-state index in [0.717, 1.165) is 55.0 Å². The number of anilines is 1. The topological polar surface area (TPSA) is 98.0 Å². The lowest BCUT2D eigenvalue weighted by atomic mass is 10.2. The Balaban J connectivity index is 1.56. The van der Waals surface area contributed by atoms with Gasteiger partial charge in [-0.05, 0) is 48.7 Å². The summed E-state index contributed by atoms with van der Waals surface area (Å²) in [6.07, 6.45) is 3.95. The normalized spacial score (nSPS) is 14.5. The Kier molecular flexibility index (Phi) is 8.06. The second kappa shape index (κ2) is 11.4. The summed E-state index contributed by atoms with van der Waals surface area (Å²) in [5.74, 6) is 0.483.